The Morgan fingerprint density at radius 1 is 0.506 bits per heavy atom. The summed E-state index contributed by atoms with van der Waals surface area (Å²) in [6, 6.07) is 21.7. The molecule has 2 N–H and O–H groups in total. The third kappa shape index (κ3) is 21.0. The fourth-order valence-corrected chi connectivity index (χ4v) is 8.26. The van der Waals surface area contributed by atoms with Crippen molar-refractivity contribution in [1.29, 1.82) is 0 Å². The summed E-state index contributed by atoms with van der Waals surface area (Å²) >= 11 is 6.41. The van der Waals surface area contributed by atoms with Crippen LogP contribution < -0.4 is 51.8 Å². The third-order valence-electron chi connectivity index (χ3n) is 12.2. The van der Waals surface area contributed by atoms with Crippen molar-refractivity contribution >= 4 is 81.1 Å². The average molecular weight is 1320 g/mol. The summed E-state index contributed by atoms with van der Waals surface area (Å²) in [4.78, 5) is 109. The number of carboxylic acids is 1. The van der Waals surface area contributed by atoms with Crippen molar-refractivity contribution in [3.63, 3.8) is 0 Å². The van der Waals surface area contributed by atoms with E-state index < -0.39 is 57.1 Å². The van der Waals surface area contributed by atoms with Crippen LogP contribution in [0.25, 0.3) is 22.7 Å². The van der Waals surface area contributed by atoms with Crippen molar-refractivity contribution < 1.29 is 90.6 Å². The second-order valence-corrected chi connectivity index (χ2v) is 19.5. The van der Waals surface area contributed by atoms with Crippen LogP contribution in [0.1, 0.15) is 96.9 Å². The number of carbonyl (C=O) groups excluding carboxylic acids is 3. The molecule has 1 aliphatic rings. The molecule has 1 saturated heterocycles. The Hall–Kier alpha value is -7.67. The van der Waals surface area contributed by atoms with Gasteiger partial charge in [0.15, 0.2) is 34.4 Å². The van der Waals surface area contributed by atoms with E-state index in [4.69, 9.17) is 18.8 Å². The summed E-state index contributed by atoms with van der Waals surface area (Å²) in [6.45, 7) is 19.5. The van der Waals surface area contributed by atoms with Crippen LogP contribution in [0.2, 0.25) is 20.5 Å². The maximum Gasteiger partial charge on any atom is 1.00 e. The maximum atomic E-state index is 12.9. The molecule has 9 rings (SSSR count). The number of nitrogens with zero attached hydrogens (tertiary/aromatic N) is 9. The zero-order valence-electron chi connectivity index (χ0n) is 50.4. The van der Waals surface area contributed by atoms with Gasteiger partial charge in [-0.15, -0.1) is 0 Å². The molecule has 0 saturated carbocycles. The van der Waals surface area contributed by atoms with Gasteiger partial charge in [0.2, 0.25) is 5.69 Å². The molecule has 22 nitrogen and oxygen atoms in total. The normalized spacial score (nSPS) is 11.1. The molecule has 1 aliphatic heterocycles. The summed E-state index contributed by atoms with van der Waals surface area (Å²) in [6.07, 6.45) is 1.45. The average Bonchev–Trinajstić information content (AvgIpc) is 3.62. The molecule has 4 aromatic heterocycles. The zero-order valence-corrected chi connectivity index (χ0v) is 54.9. The van der Waals surface area contributed by atoms with Crippen molar-refractivity contribution in [2.45, 2.75) is 82.8 Å². The van der Waals surface area contributed by atoms with Crippen LogP contribution in [0.15, 0.2) is 131 Å². The first kappa shape index (κ1) is 77.4. The minimum absolute atomic E-state index is 0. The maximum absolute atomic E-state index is 12.9. The molecule has 0 spiro atoms. The van der Waals surface area contributed by atoms with E-state index in [-0.39, 0.29) is 90.9 Å². The minimum atomic E-state index is -1.39. The van der Waals surface area contributed by atoms with Gasteiger partial charge in [-0.05, 0) is 175 Å². The van der Waals surface area contributed by atoms with E-state index in [0.717, 1.165) is 0 Å². The van der Waals surface area contributed by atoms with Gasteiger partial charge in [-0.25, -0.2) is 42.3 Å². The quantitative estimate of drug-likeness (QED) is 0.0784. The summed E-state index contributed by atoms with van der Waals surface area (Å²) in [5.41, 5.74) is 2.04. The van der Waals surface area contributed by atoms with E-state index in [9.17, 15) is 55.9 Å². The second kappa shape index (κ2) is 35.5. The number of aryl methyl sites for hydroxylation is 3. The largest absolute Gasteiger partial charge is 1.00 e. The van der Waals surface area contributed by atoms with Crippen LogP contribution in [-0.4, -0.2) is 101 Å². The third-order valence-corrected chi connectivity index (χ3v) is 12.9. The van der Waals surface area contributed by atoms with Gasteiger partial charge in [-0.1, -0.05) is 0 Å². The fraction of sp³-hybridized carbons (Fsp3) is 0.214. The van der Waals surface area contributed by atoms with Gasteiger partial charge in [0.05, 0.1) is 17.1 Å². The van der Waals surface area contributed by atoms with Gasteiger partial charge in [-0.3, -0.25) is 51.8 Å². The van der Waals surface area contributed by atoms with Gasteiger partial charge in [-0.2, -0.15) is 0 Å². The molecule has 4 aromatic carbocycles. The van der Waals surface area contributed by atoms with E-state index in [1.807, 2.05) is 20.5 Å². The molecule has 0 amide bonds. The van der Waals surface area contributed by atoms with Crippen molar-refractivity contribution in [1.82, 2.24) is 38.2 Å². The number of carbonyl (C=O) groups is 4. The number of hydrogen-bond donors (Lipinski definition) is 2. The summed E-state index contributed by atoms with van der Waals surface area (Å²) in [7, 11) is 3.93. The predicted octanol–water partition coefficient (Wildman–Crippen LogP) is 5.82. The topological polar surface area (TPSA) is 298 Å². The Morgan fingerprint density at radius 2 is 0.764 bits per heavy atom. The van der Waals surface area contributed by atoms with Gasteiger partial charge >= 0.3 is 81.6 Å². The molecule has 5 heterocycles. The van der Waals surface area contributed by atoms with E-state index >= 15 is 0 Å². The van der Waals surface area contributed by atoms with Crippen LogP contribution in [0.4, 0.5) is 17.6 Å². The van der Waals surface area contributed by atoms with Crippen LogP contribution in [0, 0.1) is 64.8 Å². The van der Waals surface area contributed by atoms with Gasteiger partial charge in [0.25, 0.3) is 22.2 Å². The van der Waals surface area contributed by atoms with Crippen LogP contribution in [-0.2, 0) is 13.7 Å². The predicted molar refractivity (Wildman–Crippen MR) is 329 cm³/mol. The van der Waals surface area contributed by atoms with E-state index in [1.54, 1.807) is 41.5 Å². The van der Waals surface area contributed by atoms with E-state index in [1.165, 1.54) is 142 Å². The molecule has 89 heavy (non-hydrogen) atoms. The van der Waals surface area contributed by atoms with Crippen molar-refractivity contribution in [3.05, 3.63) is 229 Å². The van der Waals surface area contributed by atoms with Crippen molar-refractivity contribution in [2.75, 3.05) is 0 Å². The Kier molecular flexibility index (Phi) is 30.9. The fourth-order valence-electron chi connectivity index (χ4n) is 7.91. The first-order valence-electron chi connectivity index (χ1n) is 25.7. The molecular weight excluding hydrogens is 1260 g/mol. The van der Waals surface area contributed by atoms with Crippen LogP contribution in [0.3, 0.4) is 0 Å². The molecule has 0 bridgehead atoms. The monoisotopic (exact) mass is 1320 g/mol. The smallest absolute Gasteiger partial charge is 0.870 e. The standard InChI is InChI=1S/C14H13FN2O2.C13H10BrFN2O2.C13H11FN2O3.C13H11FN2O2.C3H9B3O3.BHNS.Na.H2O/c1-8-9(2)17(12-6-4-11(15)5-7-12)14(19)13(16-8)10(3)18;1-7-12(14)16-11(8(2)18)13(19)17(7)10-5-3-9(15)4-6-10;1-7-8(2)16(10-5-3-9(14)4-6-10)12(17)11(15-7)13(18)19;1-8-7-15-12(9(2)17)13(18)16(8)11-5-3-10(14)4-6-11;1-4-7-5(2)9-6(3)8-4;1-2-3;;/h4-7H,1-3H3;3-6H,1-2H3;3-6H,1-2H3,(H,18,19);3-7H,1-2H3;1-3H3;3H;;1H2/q;;;;;;+1;/p-1. The number of aromatic carboxylic acids is 1. The molecular formula is C56H56B4BrF4N9NaO13S. The zero-order chi connectivity index (χ0) is 65.3. The molecule has 457 valence electrons. The molecule has 33 heteroatoms. The van der Waals surface area contributed by atoms with Gasteiger partial charge in [0.1, 0.15) is 27.9 Å². The first-order chi connectivity index (χ1) is 40.8. The number of aromatic nitrogens is 8. The molecule has 1 fully saturated rings. The summed E-state index contributed by atoms with van der Waals surface area (Å²) in [5, 5.41) is 8.96. The number of Topliss-reactive ketones (excluding diaryl/α,β-unsaturated/α-hetero) is 3. The number of ketones is 3. The molecule has 0 atom stereocenters. The van der Waals surface area contributed by atoms with E-state index in [2.05, 4.69) is 60.6 Å². The van der Waals surface area contributed by atoms with E-state index in [0.29, 0.717) is 61.5 Å². The molecule has 0 unspecified atom stereocenters. The number of rotatable bonds is 8. The first-order valence-corrected chi connectivity index (χ1v) is 26.9. The number of carboxylic acid groups (broad SMARTS) is 1. The number of benzene rings is 4. The van der Waals surface area contributed by atoms with Crippen LogP contribution in [0.5, 0.6) is 0 Å². The number of halogens is 5. The number of thiol groups is 1. The summed E-state index contributed by atoms with van der Waals surface area (Å²) in [5.74, 6) is -4.17. The number of hydrogen-bond acceptors (Lipinski definition) is 18. The summed E-state index contributed by atoms with van der Waals surface area (Å²) < 4.78 is 75.3. The molecule has 1 radical (unpaired) electrons. The SMILES string of the molecule is CB1OB(C)OB(C)O1.CC(=O)c1nc(Br)c(C)n(-c2ccc(F)cc2)c1=O.CC(=O)c1nc(C)c(C)n(-c2ccc(F)cc2)c1=O.CC(=O)c1ncc(C)n(-c2ccc(F)cc2)c1=O.Cc1nc(C(=O)O)c(=O)n(-c2ccc(F)cc2)c1C.[B]=NS.[Na+].[OH-]. The molecule has 0 aliphatic carbocycles. The Balaban J connectivity index is 0.000000378. The van der Waals surface area contributed by atoms with Crippen molar-refractivity contribution in [3.8, 4) is 22.7 Å². The molecule has 8 aromatic rings. The van der Waals surface area contributed by atoms with Crippen molar-refractivity contribution in [2.24, 2.45) is 4.30 Å². The second-order valence-electron chi connectivity index (χ2n) is 18.5. The van der Waals surface area contributed by atoms with Gasteiger partial charge < -0.3 is 24.3 Å². The van der Waals surface area contributed by atoms with Gasteiger partial charge in [0, 0.05) is 66.8 Å². The Morgan fingerprint density at radius 3 is 1.07 bits per heavy atom. The van der Waals surface area contributed by atoms with Crippen LogP contribution >= 0.6 is 28.7 Å². The minimum Gasteiger partial charge on any atom is -0.870 e. The Bertz CT molecular complexity index is 3780. The Labute approximate surface area is 545 Å².